The minimum Gasteiger partial charge on any atom is -0.315 e. The van der Waals surface area contributed by atoms with Crippen LogP contribution in [0.4, 0.5) is 0 Å². The minimum absolute atomic E-state index is 0.0712. The molecule has 12 heavy (non-hydrogen) atoms. The van der Waals surface area contributed by atoms with Gasteiger partial charge in [-0.25, -0.2) is 0 Å². The van der Waals surface area contributed by atoms with Crippen molar-refractivity contribution in [1.82, 2.24) is 5.48 Å². The first-order chi connectivity index (χ1) is 5.76. The first-order valence-corrected chi connectivity index (χ1v) is 3.46. The van der Waals surface area contributed by atoms with Crippen molar-refractivity contribution in [2.24, 2.45) is 10.2 Å². The maximum atomic E-state index is 8.18. The van der Waals surface area contributed by atoms with Crippen molar-refractivity contribution in [3.63, 3.8) is 0 Å². The normalized spacial score (nSPS) is 12.8. The lowest BCUT2D eigenvalue weighted by molar-refractivity contribution is 0.168. The fraction of sp³-hybridized carbons (Fsp3) is 0.250. The highest BCUT2D eigenvalue weighted by molar-refractivity contribution is 5.27. The summed E-state index contributed by atoms with van der Waals surface area (Å²) < 4.78 is 0. The van der Waals surface area contributed by atoms with Crippen molar-refractivity contribution < 1.29 is 5.21 Å². The van der Waals surface area contributed by atoms with Gasteiger partial charge in [0, 0.05) is 0 Å². The lowest BCUT2D eigenvalue weighted by Gasteiger charge is -1.95. The van der Waals surface area contributed by atoms with Crippen LogP contribution in [0.2, 0.25) is 0 Å². The molecule has 0 saturated heterocycles. The highest BCUT2D eigenvalue weighted by atomic mass is 16.5. The maximum Gasteiger partial charge on any atom is 0.132 e. The van der Waals surface area contributed by atoms with Gasteiger partial charge in [-0.05, 0) is 18.6 Å². The van der Waals surface area contributed by atoms with E-state index < -0.39 is 0 Å². The van der Waals surface area contributed by atoms with Crippen LogP contribution >= 0.6 is 0 Å². The molecule has 4 heteroatoms. The Labute approximate surface area is 72.0 Å². The summed E-state index contributed by atoms with van der Waals surface area (Å²) in [4.78, 5) is 0. The standard InChI is InChI=1S/C8H13N3O/c1-4-7(3)8(5-2)11-9-6-10-12/h4-5,10,12H,1-2,6H2,3H3/b8-7+,11-9-. The molecule has 0 aromatic rings. The van der Waals surface area contributed by atoms with E-state index in [1.165, 1.54) is 0 Å². The van der Waals surface area contributed by atoms with Gasteiger partial charge in [-0.2, -0.15) is 15.7 Å². The number of hydrogen-bond acceptors (Lipinski definition) is 4. The molecule has 2 N–H and O–H groups in total. The molecule has 0 amide bonds. The molecule has 0 saturated carbocycles. The molecule has 0 unspecified atom stereocenters. The molecular weight excluding hydrogens is 154 g/mol. The smallest absolute Gasteiger partial charge is 0.132 e. The van der Waals surface area contributed by atoms with Crippen LogP contribution < -0.4 is 5.48 Å². The van der Waals surface area contributed by atoms with Crippen LogP contribution in [-0.4, -0.2) is 11.9 Å². The third kappa shape index (κ3) is 3.80. The highest BCUT2D eigenvalue weighted by Gasteiger charge is 1.90. The monoisotopic (exact) mass is 167 g/mol. The number of nitrogens with one attached hydrogen (secondary N) is 1. The quantitative estimate of drug-likeness (QED) is 0.374. The molecule has 4 nitrogen and oxygen atoms in total. The Morgan fingerprint density at radius 2 is 2.17 bits per heavy atom. The van der Waals surface area contributed by atoms with Gasteiger partial charge in [0.25, 0.3) is 0 Å². The van der Waals surface area contributed by atoms with Crippen LogP contribution in [-0.2, 0) is 0 Å². The summed E-state index contributed by atoms with van der Waals surface area (Å²) in [6.45, 7) is 9.08. The largest absolute Gasteiger partial charge is 0.315 e. The van der Waals surface area contributed by atoms with Crippen molar-refractivity contribution in [1.29, 1.82) is 0 Å². The van der Waals surface area contributed by atoms with Crippen molar-refractivity contribution >= 4 is 0 Å². The number of hydroxylamine groups is 1. The van der Waals surface area contributed by atoms with Crippen LogP contribution in [0.3, 0.4) is 0 Å². The Hall–Kier alpha value is -1.26. The van der Waals surface area contributed by atoms with Crippen LogP contribution in [0.15, 0.2) is 46.8 Å². The topological polar surface area (TPSA) is 57.0 Å². The molecule has 0 aliphatic carbocycles. The summed E-state index contributed by atoms with van der Waals surface area (Å²) in [6.07, 6.45) is 3.25. The molecular formula is C8H13N3O. The second kappa shape index (κ2) is 6.45. The van der Waals surface area contributed by atoms with E-state index in [4.69, 9.17) is 5.21 Å². The first-order valence-electron chi connectivity index (χ1n) is 3.46. The molecule has 0 rings (SSSR count). The second-order valence-corrected chi connectivity index (χ2v) is 2.03. The van der Waals surface area contributed by atoms with Gasteiger partial charge < -0.3 is 5.21 Å². The van der Waals surface area contributed by atoms with Crippen LogP contribution in [0.5, 0.6) is 0 Å². The molecule has 0 radical (unpaired) electrons. The number of azo groups is 1. The van der Waals surface area contributed by atoms with E-state index in [1.54, 1.807) is 12.2 Å². The Morgan fingerprint density at radius 3 is 2.58 bits per heavy atom. The van der Waals surface area contributed by atoms with Crippen LogP contribution in [0.1, 0.15) is 6.92 Å². The van der Waals surface area contributed by atoms with E-state index in [1.807, 2.05) is 12.4 Å². The van der Waals surface area contributed by atoms with E-state index in [2.05, 4.69) is 23.4 Å². The van der Waals surface area contributed by atoms with Crippen molar-refractivity contribution in [2.75, 3.05) is 6.67 Å². The molecule has 0 heterocycles. The minimum atomic E-state index is 0.0712. The maximum absolute atomic E-state index is 8.18. The van der Waals surface area contributed by atoms with E-state index in [-0.39, 0.29) is 6.67 Å². The lowest BCUT2D eigenvalue weighted by Crippen LogP contribution is -2.04. The fourth-order valence-electron chi connectivity index (χ4n) is 0.528. The SMILES string of the molecule is C=C/C(C)=C(C=C)/N=N\CNO. The zero-order valence-electron chi connectivity index (χ0n) is 7.12. The third-order valence-corrected chi connectivity index (χ3v) is 1.22. The fourth-order valence-corrected chi connectivity index (χ4v) is 0.528. The molecule has 0 aliphatic heterocycles. The molecule has 0 atom stereocenters. The van der Waals surface area contributed by atoms with Gasteiger partial charge in [0.2, 0.25) is 0 Å². The molecule has 66 valence electrons. The number of hydrogen-bond donors (Lipinski definition) is 2. The molecule has 0 aliphatic rings. The average molecular weight is 167 g/mol. The zero-order valence-corrected chi connectivity index (χ0v) is 7.12. The van der Waals surface area contributed by atoms with Gasteiger partial charge in [-0.15, -0.1) is 0 Å². The van der Waals surface area contributed by atoms with Crippen LogP contribution in [0, 0.1) is 0 Å². The third-order valence-electron chi connectivity index (χ3n) is 1.22. The van der Waals surface area contributed by atoms with Gasteiger partial charge in [0.15, 0.2) is 0 Å². The van der Waals surface area contributed by atoms with Crippen molar-refractivity contribution in [3.8, 4) is 0 Å². The second-order valence-electron chi connectivity index (χ2n) is 2.03. The van der Waals surface area contributed by atoms with Gasteiger partial charge in [-0.3, -0.25) is 0 Å². The Morgan fingerprint density at radius 1 is 1.50 bits per heavy atom. The van der Waals surface area contributed by atoms with Gasteiger partial charge >= 0.3 is 0 Å². The Kier molecular flexibility index (Phi) is 5.77. The summed E-state index contributed by atoms with van der Waals surface area (Å²) in [5, 5.41) is 15.6. The van der Waals surface area contributed by atoms with E-state index in [9.17, 15) is 0 Å². The Bertz CT molecular complexity index is 218. The molecule has 0 fully saturated rings. The summed E-state index contributed by atoms with van der Waals surface area (Å²) in [6, 6.07) is 0. The molecule has 0 bridgehead atoms. The van der Waals surface area contributed by atoms with Gasteiger partial charge in [-0.1, -0.05) is 19.2 Å². The summed E-state index contributed by atoms with van der Waals surface area (Å²) in [5.74, 6) is 0. The van der Waals surface area contributed by atoms with E-state index in [0.717, 1.165) is 5.57 Å². The zero-order chi connectivity index (χ0) is 9.40. The van der Waals surface area contributed by atoms with Crippen LogP contribution in [0.25, 0.3) is 0 Å². The lowest BCUT2D eigenvalue weighted by atomic mass is 10.2. The highest BCUT2D eigenvalue weighted by Crippen LogP contribution is 2.07. The van der Waals surface area contributed by atoms with Gasteiger partial charge in [0.1, 0.15) is 6.67 Å². The molecule has 0 aromatic heterocycles. The van der Waals surface area contributed by atoms with E-state index in [0.29, 0.717) is 5.70 Å². The number of allylic oxidation sites excluding steroid dienone is 3. The van der Waals surface area contributed by atoms with E-state index >= 15 is 0 Å². The summed E-state index contributed by atoms with van der Waals surface area (Å²) in [7, 11) is 0. The Balaban J connectivity index is 4.36. The first kappa shape index (κ1) is 10.7. The number of rotatable bonds is 5. The van der Waals surface area contributed by atoms with Crippen molar-refractivity contribution in [2.45, 2.75) is 6.92 Å². The molecule has 0 aromatic carbocycles. The van der Waals surface area contributed by atoms with Crippen molar-refractivity contribution in [3.05, 3.63) is 36.6 Å². The number of nitrogens with zero attached hydrogens (tertiary/aromatic N) is 2. The summed E-state index contributed by atoms with van der Waals surface area (Å²) in [5.41, 5.74) is 3.41. The predicted molar refractivity (Wildman–Crippen MR) is 47.7 cm³/mol. The van der Waals surface area contributed by atoms with Gasteiger partial charge in [0.05, 0.1) is 5.70 Å². The predicted octanol–water partition coefficient (Wildman–Crippen LogP) is 2.02. The summed E-state index contributed by atoms with van der Waals surface area (Å²) >= 11 is 0. The molecule has 0 spiro atoms. The average Bonchev–Trinajstić information content (AvgIpc) is 2.11.